The molecule has 0 aliphatic heterocycles. The third kappa shape index (κ3) is 2.76. The van der Waals surface area contributed by atoms with Gasteiger partial charge in [-0.2, -0.15) is 0 Å². The highest BCUT2D eigenvalue weighted by Crippen LogP contribution is 2.29. The monoisotopic (exact) mass is 260 g/mol. The zero-order valence-electron chi connectivity index (χ0n) is 10.9. The molecule has 1 aromatic carbocycles. The molecular weight excluding hydrogens is 247 g/mol. The van der Waals surface area contributed by atoms with Crippen LogP contribution in [0.4, 0.5) is 4.39 Å². The second-order valence-electron chi connectivity index (χ2n) is 4.12. The van der Waals surface area contributed by atoms with Gasteiger partial charge in [0.15, 0.2) is 11.6 Å². The molecule has 4 nitrogen and oxygen atoms in total. The smallest absolute Gasteiger partial charge is 0.196 e. The van der Waals surface area contributed by atoms with Gasteiger partial charge < -0.3 is 4.74 Å². The number of hydrogen-bond acceptors (Lipinski definition) is 4. The van der Waals surface area contributed by atoms with Crippen LogP contribution < -0.4 is 4.74 Å². The zero-order chi connectivity index (χ0) is 14.0. The van der Waals surface area contributed by atoms with Gasteiger partial charge in [-0.25, -0.2) is 14.4 Å². The second-order valence-corrected chi connectivity index (χ2v) is 4.12. The fourth-order valence-corrected chi connectivity index (χ4v) is 1.74. The molecule has 0 saturated carbocycles. The molecule has 98 valence electrons. The highest BCUT2D eigenvalue weighted by atomic mass is 19.1. The molecule has 19 heavy (non-hydrogen) atoms. The molecule has 0 atom stereocenters. The topological polar surface area (TPSA) is 52.1 Å². The summed E-state index contributed by atoms with van der Waals surface area (Å²) in [6.45, 7) is 3.14. The van der Waals surface area contributed by atoms with Crippen LogP contribution in [0.15, 0.2) is 24.3 Å². The zero-order valence-corrected chi connectivity index (χ0v) is 10.9. The van der Waals surface area contributed by atoms with E-state index >= 15 is 0 Å². The maximum absolute atomic E-state index is 13.4. The van der Waals surface area contributed by atoms with Crippen molar-refractivity contribution in [2.24, 2.45) is 0 Å². The molecule has 0 saturated heterocycles. The lowest BCUT2D eigenvalue weighted by Gasteiger charge is -2.09. The number of ketones is 1. The molecule has 0 bridgehead atoms. The molecule has 0 radical (unpaired) electrons. The molecule has 5 heteroatoms. The average molecular weight is 260 g/mol. The van der Waals surface area contributed by atoms with E-state index in [0.717, 1.165) is 0 Å². The summed E-state index contributed by atoms with van der Waals surface area (Å²) in [5.74, 6) is -0.0212. The fourth-order valence-electron chi connectivity index (χ4n) is 1.74. The summed E-state index contributed by atoms with van der Waals surface area (Å²) in [7, 11) is 1.50. The normalized spacial score (nSPS) is 10.3. The van der Waals surface area contributed by atoms with E-state index in [1.54, 1.807) is 13.0 Å². The summed E-state index contributed by atoms with van der Waals surface area (Å²) in [6, 6.07) is 5.84. The minimum Gasteiger partial charge on any atom is -0.496 e. The molecule has 0 aliphatic carbocycles. The lowest BCUT2D eigenvalue weighted by atomic mass is 10.1. The number of hydrogen-bond donors (Lipinski definition) is 0. The first-order valence-electron chi connectivity index (χ1n) is 5.72. The molecule has 0 unspecified atom stereocenters. The number of aromatic nitrogens is 2. The lowest BCUT2D eigenvalue weighted by molar-refractivity contribution is 0.100. The van der Waals surface area contributed by atoms with Crippen LogP contribution in [0, 0.1) is 12.7 Å². The summed E-state index contributed by atoms with van der Waals surface area (Å²) < 4.78 is 18.5. The van der Waals surface area contributed by atoms with Crippen molar-refractivity contribution in [2.45, 2.75) is 13.8 Å². The van der Waals surface area contributed by atoms with Gasteiger partial charge in [0.2, 0.25) is 0 Å². The van der Waals surface area contributed by atoms with E-state index < -0.39 is 5.82 Å². The number of nitrogens with zero attached hydrogens (tertiary/aromatic N) is 2. The molecule has 0 fully saturated rings. The van der Waals surface area contributed by atoms with E-state index in [-0.39, 0.29) is 11.6 Å². The largest absolute Gasteiger partial charge is 0.496 e. The number of aryl methyl sites for hydroxylation is 1. The van der Waals surface area contributed by atoms with Crippen LogP contribution >= 0.6 is 0 Å². The van der Waals surface area contributed by atoms with Crippen LogP contribution in [0.25, 0.3) is 11.3 Å². The summed E-state index contributed by atoms with van der Waals surface area (Å²) in [6.07, 6.45) is 0. The van der Waals surface area contributed by atoms with E-state index in [4.69, 9.17) is 4.74 Å². The highest BCUT2D eigenvalue weighted by Gasteiger charge is 2.12. The molecule has 0 spiro atoms. The molecule has 0 amide bonds. The molecule has 0 N–H and O–H groups in total. The van der Waals surface area contributed by atoms with Gasteiger partial charge >= 0.3 is 0 Å². The van der Waals surface area contributed by atoms with E-state index in [1.165, 1.54) is 32.2 Å². The summed E-state index contributed by atoms with van der Waals surface area (Å²) in [4.78, 5) is 19.6. The van der Waals surface area contributed by atoms with Gasteiger partial charge in [0, 0.05) is 18.2 Å². The third-order valence-electron chi connectivity index (χ3n) is 2.61. The Morgan fingerprint density at radius 1 is 1.26 bits per heavy atom. The Morgan fingerprint density at radius 3 is 2.63 bits per heavy atom. The average Bonchev–Trinajstić information content (AvgIpc) is 2.37. The minimum atomic E-state index is -0.392. The van der Waals surface area contributed by atoms with E-state index in [1.807, 2.05) is 0 Å². The Kier molecular flexibility index (Phi) is 3.55. The van der Waals surface area contributed by atoms with Crippen molar-refractivity contribution in [3.63, 3.8) is 0 Å². The van der Waals surface area contributed by atoms with E-state index in [2.05, 4.69) is 9.97 Å². The Bertz CT molecular complexity index is 641. The van der Waals surface area contributed by atoms with Crippen LogP contribution in [0.1, 0.15) is 23.2 Å². The molecule has 1 aromatic heterocycles. The maximum atomic E-state index is 13.4. The first-order chi connectivity index (χ1) is 9.01. The van der Waals surface area contributed by atoms with Crippen molar-refractivity contribution in [2.75, 3.05) is 7.11 Å². The van der Waals surface area contributed by atoms with Crippen molar-refractivity contribution in [3.8, 4) is 17.0 Å². The number of carbonyl (C=O) groups excluding carboxylic acids is 1. The standard InChI is InChI=1S/C14H13FN2O2/c1-8-6-12(17-14(16-8)9(2)18)11-7-10(15)4-5-13(11)19-3/h4-7H,1-3H3. The predicted molar refractivity (Wildman–Crippen MR) is 68.7 cm³/mol. The number of benzene rings is 1. The third-order valence-corrected chi connectivity index (χ3v) is 2.61. The quantitative estimate of drug-likeness (QED) is 0.796. The first kappa shape index (κ1) is 13.1. The number of ether oxygens (including phenoxy) is 1. The van der Waals surface area contributed by atoms with Crippen molar-refractivity contribution >= 4 is 5.78 Å². The van der Waals surface area contributed by atoms with E-state index in [0.29, 0.717) is 22.7 Å². The Morgan fingerprint density at radius 2 is 2.00 bits per heavy atom. The number of methoxy groups -OCH3 is 1. The van der Waals surface area contributed by atoms with Gasteiger partial charge in [-0.1, -0.05) is 0 Å². The van der Waals surface area contributed by atoms with Crippen molar-refractivity contribution in [1.29, 1.82) is 0 Å². The van der Waals surface area contributed by atoms with Gasteiger partial charge in [-0.05, 0) is 31.2 Å². The highest BCUT2D eigenvalue weighted by molar-refractivity contribution is 5.90. The van der Waals surface area contributed by atoms with Crippen molar-refractivity contribution in [3.05, 3.63) is 41.6 Å². The number of rotatable bonds is 3. The van der Waals surface area contributed by atoms with E-state index in [9.17, 15) is 9.18 Å². The number of carbonyl (C=O) groups is 1. The number of halogens is 1. The molecule has 1 heterocycles. The van der Waals surface area contributed by atoms with Crippen molar-refractivity contribution in [1.82, 2.24) is 9.97 Å². The second kappa shape index (κ2) is 5.14. The van der Waals surface area contributed by atoms with Crippen LogP contribution in [0.2, 0.25) is 0 Å². The SMILES string of the molecule is COc1ccc(F)cc1-c1cc(C)nc(C(C)=O)n1. The summed E-state index contributed by atoms with van der Waals surface area (Å²) in [5.41, 5.74) is 1.60. The van der Waals surface area contributed by atoms with Gasteiger partial charge in [0.05, 0.1) is 12.8 Å². The fraction of sp³-hybridized carbons (Fsp3) is 0.214. The predicted octanol–water partition coefficient (Wildman–Crippen LogP) is 2.80. The van der Waals surface area contributed by atoms with Crippen LogP contribution in [-0.2, 0) is 0 Å². The van der Waals surface area contributed by atoms with Crippen LogP contribution in [0.5, 0.6) is 5.75 Å². The number of Topliss-reactive ketones (excluding diaryl/α,β-unsaturated/α-hetero) is 1. The molecule has 2 aromatic rings. The first-order valence-corrected chi connectivity index (χ1v) is 5.72. The van der Waals surface area contributed by atoms with Gasteiger partial charge in [0.1, 0.15) is 11.6 Å². The van der Waals surface area contributed by atoms with Crippen LogP contribution in [-0.4, -0.2) is 22.9 Å². The maximum Gasteiger partial charge on any atom is 0.196 e. The Hall–Kier alpha value is -2.30. The molecule has 2 rings (SSSR count). The van der Waals surface area contributed by atoms with Gasteiger partial charge in [-0.3, -0.25) is 4.79 Å². The van der Waals surface area contributed by atoms with Crippen molar-refractivity contribution < 1.29 is 13.9 Å². The Balaban J connectivity index is 2.64. The van der Waals surface area contributed by atoms with Crippen LogP contribution in [0.3, 0.4) is 0 Å². The Labute approximate surface area is 110 Å². The molecular formula is C14H13FN2O2. The summed E-state index contributed by atoms with van der Waals surface area (Å²) >= 11 is 0. The van der Waals surface area contributed by atoms with Gasteiger partial charge in [-0.15, -0.1) is 0 Å². The molecule has 0 aliphatic rings. The minimum absolute atomic E-state index is 0.112. The summed E-state index contributed by atoms with van der Waals surface area (Å²) in [5, 5.41) is 0. The van der Waals surface area contributed by atoms with Gasteiger partial charge in [0.25, 0.3) is 0 Å². The lowest BCUT2D eigenvalue weighted by Crippen LogP contribution is -2.04.